The normalized spacial score (nSPS) is 19.0. The van der Waals surface area contributed by atoms with Gasteiger partial charge in [-0.3, -0.25) is 29.2 Å². The maximum Gasteiger partial charge on any atom is 0.311 e. The molecule has 2 aliphatic rings. The molecule has 20 nitrogen and oxygen atoms in total. The second-order valence-corrected chi connectivity index (χ2v) is 24.8. The molecule has 2 saturated heterocycles. The van der Waals surface area contributed by atoms with Crippen LogP contribution in [0.2, 0.25) is 0 Å². The zero-order valence-electron chi connectivity index (χ0n) is 55.5. The molecular weight excluding hydrogens is 1150 g/mol. The van der Waals surface area contributed by atoms with Crippen molar-refractivity contribution in [1.29, 1.82) is 0 Å². The number of nitrogens with two attached hydrogens (primary N) is 2. The van der Waals surface area contributed by atoms with Crippen LogP contribution in [0.5, 0.6) is 11.5 Å². The van der Waals surface area contributed by atoms with Crippen LogP contribution >= 0.6 is 0 Å². The number of likely N-dealkylation sites (tertiary alicyclic amines) is 2. The number of esters is 2. The van der Waals surface area contributed by atoms with Gasteiger partial charge in [0, 0.05) is 78.9 Å². The highest BCUT2D eigenvalue weighted by atomic mass is 16.5. The standard InChI is InChI=1S/C71H102N10O10/c1-9-11-39-80-61(21-15-23-63(80)69(84)76-67-51(3)17-13-18-52(67)4)55-25-31-59(32-26-55)90-65(82)35-29-57(78-72)47-74-37-41-86-43-45-88-49-71(7,8)50-89-46-44-87-42-38-75-48-58(79-73)30-36-66(83)91-60-33-27-56(28-34-60)62-22-16-24-64(81(62)40-12-10-2)70(85)77-68-53(5)19-14-20-54(68)6/h13-14,17-20,25-28,31-34,47-48,61-64H,9-12,15-16,21-24,29-30,35-46,49-50,72-73H2,1-8H3,(H,76,84)(H,77,85)/p+2/b74-47?,75-48?,78-57-,79-58-. The van der Waals surface area contributed by atoms with Crippen LogP contribution in [0.4, 0.5) is 11.4 Å². The number of nitrogens with zero attached hydrogens (tertiary/aromatic N) is 4. The predicted octanol–water partition coefficient (Wildman–Crippen LogP) is 8.69. The molecule has 0 saturated carbocycles. The van der Waals surface area contributed by atoms with Gasteiger partial charge in [-0.1, -0.05) is 76.9 Å². The first-order chi connectivity index (χ1) is 44.0. The molecule has 4 aromatic rings. The van der Waals surface area contributed by atoms with Crippen molar-refractivity contribution in [2.45, 2.75) is 169 Å². The Morgan fingerprint density at radius 1 is 0.527 bits per heavy atom. The highest BCUT2D eigenvalue weighted by Crippen LogP contribution is 2.29. The fraction of sp³-hybridized carbons (Fsp3) is 0.549. The lowest BCUT2D eigenvalue weighted by Gasteiger charge is -2.38. The highest BCUT2D eigenvalue weighted by Gasteiger charge is 2.41. The number of ether oxygens (including phenoxy) is 6. The van der Waals surface area contributed by atoms with Gasteiger partial charge in [-0.2, -0.15) is 10.2 Å². The SMILES string of the molecule is CCCC[NH+]1C(C(=O)Nc2c(C)cccc2C)CCCC1c1ccc(OC(=O)CC/C(C=NCCOCCOCC(C)(C)COCCOCCN=C/C(CCC(=O)Oc2ccc(C3CCCC(C(=O)Nc4c(C)cccc4C)[NH+]3CCCC)cc2)=N\N)=N/N)cc1. The van der Waals surface area contributed by atoms with E-state index in [0.29, 0.717) is 88.9 Å². The van der Waals surface area contributed by atoms with Crippen LogP contribution < -0.4 is 41.6 Å². The lowest BCUT2D eigenvalue weighted by Crippen LogP contribution is -3.18. The summed E-state index contributed by atoms with van der Waals surface area (Å²) in [5, 5.41) is 14.2. The molecule has 4 aromatic carbocycles. The maximum atomic E-state index is 13.8. The van der Waals surface area contributed by atoms with Crippen LogP contribution in [-0.4, -0.2) is 139 Å². The quantitative estimate of drug-likeness (QED) is 0.00615. The van der Waals surface area contributed by atoms with Gasteiger partial charge in [-0.15, -0.1) is 0 Å². The minimum Gasteiger partial charge on any atom is -0.427 e. The van der Waals surface area contributed by atoms with Crippen molar-refractivity contribution in [3.63, 3.8) is 0 Å². The van der Waals surface area contributed by atoms with Crippen molar-refractivity contribution in [3.05, 3.63) is 118 Å². The number of benzene rings is 4. The summed E-state index contributed by atoms with van der Waals surface area (Å²) in [6.45, 7) is 22.6. The lowest BCUT2D eigenvalue weighted by atomic mass is 9.89. The minimum atomic E-state index is -0.400. The van der Waals surface area contributed by atoms with Gasteiger partial charge in [0.2, 0.25) is 0 Å². The molecule has 496 valence electrons. The number of piperidine rings is 2. The molecule has 0 spiro atoms. The van der Waals surface area contributed by atoms with Gasteiger partial charge < -0.3 is 60.5 Å². The number of hydrazone groups is 2. The van der Waals surface area contributed by atoms with E-state index in [-0.39, 0.29) is 67.1 Å². The van der Waals surface area contributed by atoms with Gasteiger partial charge in [-0.25, -0.2) is 0 Å². The summed E-state index contributed by atoms with van der Waals surface area (Å²) in [5.74, 6) is 11.5. The van der Waals surface area contributed by atoms with Crippen molar-refractivity contribution < 1.29 is 57.4 Å². The van der Waals surface area contributed by atoms with Crippen LogP contribution in [0.15, 0.2) is 105 Å². The molecule has 0 aliphatic carbocycles. The number of hydrogen-bond donors (Lipinski definition) is 6. The molecular formula is C71H104N10O10+2. The Bertz CT molecular complexity index is 2780. The summed E-state index contributed by atoms with van der Waals surface area (Å²) in [6, 6.07) is 27.6. The van der Waals surface area contributed by atoms with E-state index in [9.17, 15) is 19.2 Å². The molecule has 8 N–H and O–H groups in total. The van der Waals surface area contributed by atoms with E-state index in [2.05, 4.69) is 58.5 Å². The minimum absolute atomic E-state index is 0.0707. The van der Waals surface area contributed by atoms with Crippen LogP contribution in [-0.2, 0) is 38.1 Å². The van der Waals surface area contributed by atoms with Crippen molar-refractivity contribution in [2.75, 3.05) is 89.7 Å². The van der Waals surface area contributed by atoms with Crippen molar-refractivity contribution in [2.24, 2.45) is 37.3 Å². The van der Waals surface area contributed by atoms with Gasteiger partial charge in [0.25, 0.3) is 11.8 Å². The molecule has 6 unspecified atom stereocenters. The Balaban J connectivity index is 0.771. The van der Waals surface area contributed by atoms with E-state index in [1.54, 1.807) is 12.4 Å². The average Bonchev–Trinajstić information content (AvgIpc) is 1.95. The summed E-state index contributed by atoms with van der Waals surface area (Å²) in [6.07, 6.45) is 13.5. The van der Waals surface area contributed by atoms with Crippen LogP contribution in [0.1, 0.15) is 163 Å². The molecule has 20 heteroatoms. The summed E-state index contributed by atoms with van der Waals surface area (Å²) >= 11 is 0. The molecule has 2 aliphatic heterocycles. The molecule has 0 radical (unpaired) electrons. The lowest BCUT2D eigenvalue weighted by molar-refractivity contribution is -0.952. The second-order valence-electron chi connectivity index (χ2n) is 24.8. The van der Waals surface area contributed by atoms with E-state index in [1.807, 2.05) is 113 Å². The number of anilines is 2. The molecule has 0 bridgehead atoms. The number of quaternary nitrogens is 2. The third-order valence-electron chi connectivity index (χ3n) is 17.0. The molecule has 6 atom stereocenters. The average molecular weight is 1260 g/mol. The number of rotatable bonds is 38. The second kappa shape index (κ2) is 39.3. The number of amides is 2. The van der Waals surface area contributed by atoms with Crippen molar-refractivity contribution in [1.82, 2.24) is 0 Å². The molecule has 2 amide bonds. The van der Waals surface area contributed by atoms with Crippen LogP contribution in [0.3, 0.4) is 0 Å². The summed E-state index contributed by atoms with van der Waals surface area (Å²) in [5.41, 5.74) is 9.03. The number of nitrogens with one attached hydrogen (secondary N) is 4. The van der Waals surface area contributed by atoms with Crippen molar-refractivity contribution in [3.8, 4) is 11.5 Å². The zero-order chi connectivity index (χ0) is 65.4. The summed E-state index contributed by atoms with van der Waals surface area (Å²) in [4.78, 5) is 64.7. The molecule has 2 heterocycles. The number of para-hydroxylation sites is 2. The molecule has 6 rings (SSSR count). The number of unbranched alkanes of at least 4 members (excludes halogenated alkanes) is 2. The van der Waals surface area contributed by atoms with E-state index in [1.165, 1.54) is 9.80 Å². The van der Waals surface area contributed by atoms with Gasteiger partial charge in [-0.05, 0) is 124 Å². The molecule has 2 fully saturated rings. The van der Waals surface area contributed by atoms with Gasteiger partial charge in [0.05, 0.1) is 103 Å². The third kappa shape index (κ3) is 24.4. The Morgan fingerprint density at radius 2 is 0.901 bits per heavy atom. The Hall–Kier alpha value is -7.20. The maximum absolute atomic E-state index is 13.8. The smallest absolute Gasteiger partial charge is 0.311 e. The largest absolute Gasteiger partial charge is 0.427 e. The predicted molar refractivity (Wildman–Crippen MR) is 361 cm³/mol. The first kappa shape index (κ1) is 72.9. The molecule has 91 heavy (non-hydrogen) atoms. The van der Waals surface area contributed by atoms with E-state index in [0.717, 1.165) is 122 Å². The monoisotopic (exact) mass is 1260 g/mol. The van der Waals surface area contributed by atoms with E-state index < -0.39 is 11.9 Å². The topological polar surface area (TPSA) is 258 Å². The highest BCUT2D eigenvalue weighted by molar-refractivity contribution is 6.31. The zero-order valence-corrected chi connectivity index (χ0v) is 55.5. The third-order valence-corrected chi connectivity index (χ3v) is 17.0. The Kier molecular flexibility index (Phi) is 31.4. The van der Waals surface area contributed by atoms with Gasteiger partial charge >= 0.3 is 11.9 Å². The summed E-state index contributed by atoms with van der Waals surface area (Å²) in [7, 11) is 0. The van der Waals surface area contributed by atoms with Gasteiger partial charge in [0.15, 0.2) is 12.1 Å². The van der Waals surface area contributed by atoms with Gasteiger partial charge in [0.1, 0.15) is 23.6 Å². The van der Waals surface area contributed by atoms with E-state index >= 15 is 0 Å². The van der Waals surface area contributed by atoms with Crippen LogP contribution in [0.25, 0.3) is 0 Å². The number of carbonyl (C=O) groups excluding carboxylic acids is 4. The fourth-order valence-corrected chi connectivity index (χ4v) is 12.0. The Morgan fingerprint density at radius 3 is 1.26 bits per heavy atom. The summed E-state index contributed by atoms with van der Waals surface area (Å²) < 4.78 is 34.5. The molecule has 0 aromatic heterocycles. The Labute approximate surface area is 540 Å². The number of aryl methyl sites for hydroxylation is 4. The van der Waals surface area contributed by atoms with Crippen LogP contribution in [0, 0.1) is 33.1 Å². The first-order valence-electron chi connectivity index (χ1n) is 32.9. The first-order valence-corrected chi connectivity index (χ1v) is 32.9. The van der Waals surface area contributed by atoms with Crippen molar-refractivity contribution >= 4 is 59.0 Å². The number of hydrogen-bond acceptors (Lipinski definition) is 16. The fourth-order valence-electron chi connectivity index (χ4n) is 12.0. The van der Waals surface area contributed by atoms with E-state index in [4.69, 9.17) is 40.1 Å². The number of aliphatic imine (C=N–C) groups is 2. The number of carbonyl (C=O) groups is 4.